The van der Waals surface area contributed by atoms with Gasteiger partial charge in [-0.05, 0) is 18.6 Å². The van der Waals surface area contributed by atoms with Crippen LogP contribution < -0.4 is 15.2 Å². The molecule has 0 heterocycles. The molecule has 0 aliphatic carbocycles. The van der Waals surface area contributed by atoms with Gasteiger partial charge in [-0.2, -0.15) is 0 Å². The van der Waals surface area contributed by atoms with E-state index in [9.17, 15) is 0 Å². The molecule has 1 atom stereocenters. The van der Waals surface area contributed by atoms with Gasteiger partial charge in [0.15, 0.2) is 0 Å². The number of hydrogen-bond acceptors (Lipinski definition) is 3. The van der Waals surface area contributed by atoms with Gasteiger partial charge in [0.2, 0.25) is 0 Å². The van der Waals surface area contributed by atoms with Crippen molar-refractivity contribution < 1.29 is 9.47 Å². The van der Waals surface area contributed by atoms with E-state index in [0.717, 1.165) is 29.9 Å². The van der Waals surface area contributed by atoms with Crippen molar-refractivity contribution in [3.8, 4) is 11.5 Å². The summed E-state index contributed by atoms with van der Waals surface area (Å²) in [5, 5.41) is 0. The molecule has 0 amide bonds. The van der Waals surface area contributed by atoms with Crippen molar-refractivity contribution in [2.24, 2.45) is 5.73 Å². The van der Waals surface area contributed by atoms with Crippen molar-refractivity contribution in [1.29, 1.82) is 0 Å². The number of unbranched alkanes of at least 4 members (excludes halogenated alkanes) is 6. The van der Waals surface area contributed by atoms with Gasteiger partial charge in [-0.25, -0.2) is 0 Å². The van der Waals surface area contributed by atoms with Gasteiger partial charge in [0.1, 0.15) is 11.5 Å². The SMILES string of the molecule is CCCCCCCCCC(N)c1c(OC)cccc1OC. The van der Waals surface area contributed by atoms with Gasteiger partial charge in [0.25, 0.3) is 0 Å². The first kappa shape index (κ1) is 17.8. The summed E-state index contributed by atoms with van der Waals surface area (Å²) in [6.45, 7) is 2.25. The average Bonchev–Trinajstić information content (AvgIpc) is 2.52. The lowest BCUT2D eigenvalue weighted by Gasteiger charge is -2.18. The van der Waals surface area contributed by atoms with Gasteiger partial charge in [-0.15, -0.1) is 0 Å². The van der Waals surface area contributed by atoms with E-state index in [2.05, 4.69) is 6.92 Å². The molecule has 3 nitrogen and oxygen atoms in total. The lowest BCUT2D eigenvalue weighted by molar-refractivity contribution is 0.375. The van der Waals surface area contributed by atoms with Gasteiger partial charge in [0, 0.05) is 6.04 Å². The zero-order chi connectivity index (χ0) is 15.5. The molecule has 0 radical (unpaired) electrons. The van der Waals surface area contributed by atoms with E-state index < -0.39 is 0 Å². The molecule has 1 aromatic rings. The Morgan fingerprint density at radius 1 is 0.905 bits per heavy atom. The second-order valence-electron chi connectivity index (χ2n) is 5.59. The van der Waals surface area contributed by atoms with Crippen LogP contribution in [0, 0.1) is 0 Å². The number of nitrogens with two attached hydrogens (primary N) is 1. The average molecular weight is 293 g/mol. The molecule has 21 heavy (non-hydrogen) atoms. The number of benzene rings is 1. The van der Waals surface area contributed by atoms with Crippen LogP contribution in [0.15, 0.2) is 18.2 Å². The Labute approximate surface area is 129 Å². The van der Waals surface area contributed by atoms with E-state index in [4.69, 9.17) is 15.2 Å². The first-order valence-corrected chi connectivity index (χ1v) is 8.21. The first-order chi connectivity index (χ1) is 10.2. The first-order valence-electron chi connectivity index (χ1n) is 8.21. The molecule has 0 saturated heterocycles. The maximum absolute atomic E-state index is 6.35. The number of methoxy groups -OCH3 is 2. The highest BCUT2D eigenvalue weighted by molar-refractivity contribution is 5.46. The quantitative estimate of drug-likeness (QED) is 0.593. The zero-order valence-corrected chi connectivity index (χ0v) is 13.9. The van der Waals surface area contributed by atoms with E-state index in [1.54, 1.807) is 14.2 Å². The van der Waals surface area contributed by atoms with E-state index in [0.29, 0.717) is 0 Å². The Balaban J connectivity index is 2.43. The summed E-state index contributed by atoms with van der Waals surface area (Å²) in [6, 6.07) is 5.80. The van der Waals surface area contributed by atoms with E-state index in [1.165, 1.54) is 38.5 Å². The fourth-order valence-corrected chi connectivity index (χ4v) is 2.71. The molecule has 1 unspecified atom stereocenters. The second kappa shape index (κ2) is 10.5. The molecule has 2 N–H and O–H groups in total. The fourth-order valence-electron chi connectivity index (χ4n) is 2.71. The third-order valence-corrected chi connectivity index (χ3v) is 3.96. The fraction of sp³-hybridized carbons (Fsp3) is 0.667. The summed E-state index contributed by atoms with van der Waals surface area (Å²) in [7, 11) is 3.36. The van der Waals surface area contributed by atoms with Crippen molar-refractivity contribution in [3.63, 3.8) is 0 Å². The third-order valence-electron chi connectivity index (χ3n) is 3.96. The predicted molar refractivity (Wildman–Crippen MR) is 89.1 cm³/mol. The van der Waals surface area contributed by atoms with Gasteiger partial charge in [-0.3, -0.25) is 0 Å². The minimum atomic E-state index is -0.0215. The molecular formula is C18H31NO2. The molecule has 120 valence electrons. The summed E-state index contributed by atoms with van der Waals surface area (Å²) < 4.78 is 10.8. The van der Waals surface area contributed by atoms with Crippen LogP contribution in [0.4, 0.5) is 0 Å². The molecule has 0 spiro atoms. The summed E-state index contributed by atoms with van der Waals surface area (Å²) in [5.41, 5.74) is 7.34. The van der Waals surface area contributed by atoms with Crippen molar-refractivity contribution in [2.75, 3.05) is 14.2 Å². The zero-order valence-electron chi connectivity index (χ0n) is 13.9. The highest BCUT2D eigenvalue weighted by atomic mass is 16.5. The lowest BCUT2D eigenvalue weighted by atomic mass is 9.98. The molecule has 3 heteroatoms. The van der Waals surface area contributed by atoms with Crippen LogP contribution in [0.5, 0.6) is 11.5 Å². The highest BCUT2D eigenvalue weighted by Crippen LogP contribution is 2.35. The summed E-state index contributed by atoms with van der Waals surface area (Å²) in [4.78, 5) is 0. The summed E-state index contributed by atoms with van der Waals surface area (Å²) in [5.74, 6) is 1.65. The molecule has 0 saturated carbocycles. The number of rotatable bonds is 11. The molecule has 0 aliphatic rings. The highest BCUT2D eigenvalue weighted by Gasteiger charge is 2.16. The smallest absolute Gasteiger partial charge is 0.127 e. The van der Waals surface area contributed by atoms with Crippen LogP contribution >= 0.6 is 0 Å². The van der Waals surface area contributed by atoms with E-state index >= 15 is 0 Å². The van der Waals surface area contributed by atoms with Crippen molar-refractivity contribution in [3.05, 3.63) is 23.8 Å². The maximum Gasteiger partial charge on any atom is 0.127 e. The minimum absolute atomic E-state index is 0.0215. The monoisotopic (exact) mass is 293 g/mol. The van der Waals surface area contributed by atoms with Crippen LogP contribution in [0.1, 0.15) is 69.9 Å². The normalized spacial score (nSPS) is 12.2. The van der Waals surface area contributed by atoms with Gasteiger partial charge in [0.05, 0.1) is 19.8 Å². The van der Waals surface area contributed by atoms with Crippen LogP contribution in [0.3, 0.4) is 0 Å². The molecule has 0 aromatic heterocycles. The largest absolute Gasteiger partial charge is 0.496 e. The molecule has 0 fully saturated rings. The minimum Gasteiger partial charge on any atom is -0.496 e. The predicted octanol–water partition coefficient (Wildman–Crippen LogP) is 4.84. The third kappa shape index (κ3) is 5.96. The Morgan fingerprint density at radius 2 is 1.43 bits per heavy atom. The van der Waals surface area contributed by atoms with Crippen LogP contribution in [-0.4, -0.2) is 14.2 Å². The maximum atomic E-state index is 6.35. The van der Waals surface area contributed by atoms with Gasteiger partial charge >= 0.3 is 0 Å². The van der Waals surface area contributed by atoms with Gasteiger partial charge < -0.3 is 15.2 Å². The standard InChI is InChI=1S/C18H31NO2/c1-4-5-6-7-8-9-10-12-15(19)18-16(20-2)13-11-14-17(18)21-3/h11,13-15H,4-10,12,19H2,1-3H3. The van der Waals surface area contributed by atoms with Crippen molar-refractivity contribution in [1.82, 2.24) is 0 Å². The summed E-state index contributed by atoms with van der Waals surface area (Å²) >= 11 is 0. The molecule has 0 aliphatic heterocycles. The lowest BCUT2D eigenvalue weighted by Crippen LogP contribution is -2.13. The van der Waals surface area contributed by atoms with E-state index in [1.807, 2.05) is 18.2 Å². The number of ether oxygens (including phenoxy) is 2. The topological polar surface area (TPSA) is 44.5 Å². The van der Waals surface area contributed by atoms with E-state index in [-0.39, 0.29) is 6.04 Å². The number of hydrogen-bond donors (Lipinski definition) is 1. The second-order valence-corrected chi connectivity index (χ2v) is 5.59. The molecule has 0 bridgehead atoms. The van der Waals surface area contributed by atoms with Crippen molar-refractivity contribution >= 4 is 0 Å². The Kier molecular flexibility index (Phi) is 8.91. The molecular weight excluding hydrogens is 262 g/mol. The molecule has 1 rings (SSSR count). The van der Waals surface area contributed by atoms with Crippen molar-refractivity contribution in [2.45, 2.75) is 64.3 Å². The van der Waals surface area contributed by atoms with Crippen LogP contribution in [0.2, 0.25) is 0 Å². The Hall–Kier alpha value is -1.22. The van der Waals surface area contributed by atoms with Crippen LogP contribution in [-0.2, 0) is 0 Å². The Bertz CT molecular complexity index is 371. The van der Waals surface area contributed by atoms with Gasteiger partial charge in [-0.1, -0.05) is 57.9 Å². The Morgan fingerprint density at radius 3 is 1.95 bits per heavy atom. The summed E-state index contributed by atoms with van der Waals surface area (Å²) in [6.07, 6.45) is 10.1. The molecule has 1 aromatic carbocycles. The van der Waals surface area contributed by atoms with Crippen LogP contribution in [0.25, 0.3) is 0 Å².